The van der Waals surface area contributed by atoms with Crippen LogP contribution in [0.5, 0.6) is 23.0 Å². The number of allylic oxidation sites excluding steroid dienone is 2. The predicted octanol–water partition coefficient (Wildman–Crippen LogP) is 5.65. The fraction of sp³-hybridized carbons (Fsp3) is 0.574. The number of hydrogen-bond acceptors (Lipinski definition) is 15. The fourth-order valence-electron chi connectivity index (χ4n) is 8.42. The Labute approximate surface area is 381 Å². The summed E-state index contributed by atoms with van der Waals surface area (Å²) in [6.45, 7) is 11.0. The number of rotatable bonds is 5. The van der Waals surface area contributed by atoms with Crippen LogP contribution in [0.25, 0.3) is 10.8 Å². The highest BCUT2D eigenvalue weighted by Crippen LogP contribution is 2.55. The number of hydrogen-bond donors (Lipinski definition) is 6. The third-order valence-electron chi connectivity index (χ3n) is 12.4. The Morgan fingerprint density at radius 3 is 2.27 bits per heavy atom. The van der Waals surface area contributed by atoms with E-state index in [9.17, 15) is 39.9 Å². The highest BCUT2D eigenvalue weighted by Gasteiger charge is 2.50. The summed E-state index contributed by atoms with van der Waals surface area (Å²) in [4.78, 5) is 42.0. The average Bonchev–Trinajstić information content (AvgIpc) is 3.61. The van der Waals surface area contributed by atoms with Gasteiger partial charge in [0.05, 0.1) is 53.0 Å². The number of Topliss-reactive ketones (excluding diaryl/α,β-unsaturated/α-hetero) is 1. The summed E-state index contributed by atoms with van der Waals surface area (Å²) in [5.41, 5.74) is -1.22. The first-order chi connectivity index (χ1) is 33.2. The van der Waals surface area contributed by atoms with E-state index in [0.717, 1.165) is 17.4 Å². The van der Waals surface area contributed by atoms with Gasteiger partial charge in [-0.1, -0.05) is 58.7 Å². The molecule has 0 unspecified atom stereocenters. The summed E-state index contributed by atoms with van der Waals surface area (Å²) in [5, 5.41) is 66.5. The summed E-state index contributed by atoms with van der Waals surface area (Å²) in [6.07, 6.45) is -9.58. The van der Waals surface area contributed by atoms with Crippen molar-refractivity contribution in [1.29, 1.82) is 0 Å². The molecule has 4 heterocycles. The van der Waals surface area contributed by atoms with Crippen molar-refractivity contribution in [2.24, 2.45) is 28.8 Å². The van der Waals surface area contributed by atoms with Gasteiger partial charge in [-0.3, -0.25) is 24.3 Å². The lowest BCUT2D eigenvalue weighted by molar-refractivity contribution is -0.160. The Kier molecular flexibility index (Phi) is 11.1. The number of anilines is 1. The number of fused-ring (bicyclic) bond motifs is 14. The Hall–Kier alpha value is -5.16. The van der Waals surface area contributed by atoms with Gasteiger partial charge < -0.3 is 49.8 Å². The van der Waals surface area contributed by atoms with E-state index in [1.807, 2.05) is 0 Å². The van der Waals surface area contributed by atoms with E-state index >= 15 is 0 Å². The molecule has 9 atom stereocenters. The molecule has 4 aliphatic heterocycles. The van der Waals surface area contributed by atoms with E-state index in [4.69, 9.17) is 31.3 Å². The fourth-order valence-corrected chi connectivity index (χ4v) is 8.42. The van der Waals surface area contributed by atoms with Crippen molar-refractivity contribution in [2.45, 2.75) is 117 Å². The first kappa shape index (κ1) is 36.2. The standard InChI is InChI=1S/C47H64N4O12/c1-24-13-12-14-25(2)46(59)49-37-32(23-48-51-20-18-50(19-21-51)31-15-10-11-16-31)41(56)34-35(42(37)57)40(55)29(6)44-36(34)45(58)47(8,63-44)61-22-17-33(60-9)26(3)43(62-30(7)52)28(5)39(54)27(4)38(24)53/h12-14,17,22-24,26-28,31,33,38-39,43,53-57H,10-11,15-16,18-21H2,1-9H3,(H,49,59)/b13-12+,22-17+,25-14+,48-23+/t24-,26+,27+,28+,33-,38-,39+,43+,47-/m0/s1/i10D2,11D2,15D2,16D2,31D. The number of nitrogens with zero attached hydrogens (tertiary/aromatic N) is 3. The number of ketones is 1. The highest BCUT2D eigenvalue weighted by molar-refractivity contribution is 6.23. The molecule has 1 saturated heterocycles. The van der Waals surface area contributed by atoms with Gasteiger partial charge in [0.25, 0.3) is 11.7 Å². The normalized spacial score (nSPS) is 38.2. The van der Waals surface area contributed by atoms with E-state index in [1.54, 1.807) is 33.8 Å². The zero-order valence-corrected chi connectivity index (χ0v) is 36.8. The molecule has 2 fully saturated rings. The number of phenolic OH excluding ortho intramolecular Hbond substituents is 3. The quantitative estimate of drug-likeness (QED) is 0.0926. The lowest BCUT2D eigenvalue weighted by atomic mass is 9.78. The summed E-state index contributed by atoms with van der Waals surface area (Å²) in [6, 6.07) is -3.03. The van der Waals surface area contributed by atoms with Crippen LogP contribution in [0.1, 0.15) is 108 Å². The van der Waals surface area contributed by atoms with E-state index in [2.05, 4.69) is 10.4 Å². The van der Waals surface area contributed by atoms with Crippen molar-refractivity contribution in [3.8, 4) is 23.0 Å². The summed E-state index contributed by atoms with van der Waals surface area (Å²) in [7, 11) is 1.39. The number of methoxy groups -OCH3 is 1. The van der Waals surface area contributed by atoms with Crippen LogP contribution < -0.4 is 10.1 Å². The molecule has 63 heavy (non-hydrogen) atoms. The number of carbonyl (C=O) groups excluding carboxylic acids is 3. The largest absolute Gasteiger partial charge is 0.507 e. The van der Waals surface area contributed by atoms with Gasteiger partial charge in [-0.2, -0.15) is 5.10 Å². The molecular formula is C47H64N4O12. The van der Waals surface area contributed by atoms with Gasteiger partial charge in [0, 0.05) is 106 Å². The molecule has 344 valence electrons. The number of esters is 1. The molecule has 1 saturated carbocycles. The molecule has 6 N–H and O–H groups in total. The van der Waals surface area contributed by atoms with E-state index in [1.165, 1.54) is 58.0 Å². The number of nitrogens with one attached hydrogen (secondary N) is 1. The van der Waals surface area contributed by atoms with Crippen molar-refractivity contribution in [3.05, 3.63) is 52.8 Å². The van der Waals surface area contributed by atoms with Gasteiger partial charge >= 0.3 is 11.8 Å². The van der Waals surface area contributed by atoms with Crippen molar-refractivity contribution >= 4 is 40.3 Å². The number of carbonyl (C=O) groups is 3. The van der Waals surface area contributed by atoms with E-state index < -0.39 is 137 Å². The van der Waals surface area contributed by atoms with Crippen molar-refractivity contribution < 1.29 is 71.2 Å². The minimum Gasteiger partial charge on any atom is -0.507 e. The molecular weight excluding hydrogens is 813 g/mol. The molecule has 0 radical (unpaired) electrons. The summed E-state index contributed by atoms with van der Waals surface area (Å²) >= 11 is 0. The van der Waals surface area contributed by atoms with Crippen LogP contribution in [0, 0.1) is 30.6 Å². The Morgan fingerprint density at radius 1 is 0.968 bits per heavy atom. The van der Waals surface area contributed by atoms with Gasteiger partial charge in [-0.05, 0) is 32.7 Å². The number of hydrazone groups is 1. The number of phenols is 3. The van der Waals surface area contributed by atoms with Crippen molar-refractivity contribution in [2.75, 3.05) is 38.6 Å². The summed E-state index contributed by atoms with van der Waals surface area (Å²) < 4.78 is 99.6. The lowest BCUT2D eigenvalue weighted by Gasteiger charge is -2.38. The third kappa shape index (κ3) is 9.40. The SMILES string of the molecule is [2H]C1([2H])C([2H])([2H])C([2H])([2H])C([2H])(N2CCN(/N=C/c3c4c(O)c5c(O)c(C)c6c(c5c3O)C(=O)[C@@](C)(O/C=C/[C@H](OC)[C@@H](C)[C@@H](OC(C)=O)[C@H](C)[C@H](O)[C@H](C)[C@@H](O)[C@@H](C)/C=C/C=C(\C)C(=O)N4)O6)CC2)C1([2H])[2H]. The van der Waals surface area contributed by atoms with Crippen molar-refractivity contribution in [1.82, 2.24) is 9.91 Å². The zero-order valence-electron chi connectivity index (χ0n) is 45.8. The number of piperazine rings is 1. The smallest absolute Gasteiger partial charge is 0.312 e. The lowest BCUT2D eigenvalue weighted by Crippen LogP contribution is -2.47. The third-order valence-corrected chi connectivity index (χ3v) is 12.4. The van der Waals surface area contributed by atoms with Gasteiger partial charge in [-0.25, -0.2) is 0 Å². The molecule has 5 bridgehead atoms. The maximum atomic E-state index is 14.6. The summed E-state index contributed by atoms with van der Waals surface area (Å²) in [5.74, 6) is -9.79. The maximum Gasteiger partial charge on any atom is 0.312 e. The topological polar surface area (TPSA) is 220 Å². The Bertz CT molecular complexity index is 2600. The monoisotopic (exact) mass is 886 g/mol. The minimum atomic E-state index is -3.40. The van der Waals surface area contributed by atoms with Crippen LogP contribution in [-0.4, -0.2) is 129 Å². The van der Waals surface area contributed by atoms with E-state index in [0.29, 0.717) is 0 Å². The molecule has 1 amide bonds. The first-order valence-electron chi connectivity index (χ1n) is 25.3. The molecule has 5 aliphatic rings. The van der Waals surface area contributed by atoms with Crippen molar-refractivity contribution in [3.63, 3.8) is 0 Å². The number of aliphatic hydroxyl groups excluding tert-OH is 2. The van der Waals surface area contributed by atoms with Crippen LogP contribution in [0.3, 0.4) is 0 Å². The van der Waals surface area contributed by atoms with Crippen LogP contribution in [0.2, 0.25) is 0 Å². The van der Waals surface area contributed by atoms with Gasteiger partial charge in [-0.15, -0.1) is 0 Å². The second-order valence-corrected chi connectivity index (χ2v) is 16.7. The molecule has 1 aliphatic carbocycles. The second-order valence-electron chi connectivity index (χ2n) is 16.7. The molecule has 0 spiro atoms. The van der Waals surface area contributed by atoms with Crippen LogP contribution in [-0.2, 0) is 23.8 Å². The van der Waals surface area contributed by atoms with Crippen LogP contribution in [0.15, 0.2) is 41.2 Å². The molecule has 2 aromatic rings. The molecule has 16 nitrogen and oxygen atoms in total. The number of aromatic hydroxyl groups is 3. The average molecular weight is 886 g/mol. The van der Waals surface area contributed by atoms with Gasteiger partial charge in [0.15, 0.2) is 5.75 Å². The van der Waals surface area contributed by atoms with Gasteiger partial charge in [0.2, 0.25) is 0 Å². The number of ether oxygens (including phenoxy) is 4. The zero-order chi connectivity index (χ0) is 54.2. The maximum absolute atomic E-state index is 14.6. The predicted molar refractivity (Wildman–Crippen MR) is 237 cm³/mol. The molecule has 2 aromatic carbocycles. The molecule has 16 heteroatoms. The Balaban J connectivity index is 1.47. The van der Waals surface area contributed by atoms with E-state index in [-0.39, 0.29) is 54.2 Å². The Morgan fingerprint density at radius 2 is 1.63 bits per heavy atom. The minimum absolute atomic E-state index is 0.0385. The van der Waals surface area contributed by atoms with Crippen LogP contribution in [0.4, 0.5) is 5.69 Å². The van der Waals surface area contributed by atoms with Crippen LogP contribution >= 0.6 is 0 Å². The molecule has 7 rings (SSSR count). The van der Waals surface area contributed by atoms with Gasteiger partial charge in [0.1, 0.15) is 23.4 Å². The number of aliphatic hydroxyl groups is 2. The number of amides is 1. The number of benzene rings is 2. The molecule has 0 aromatic heterocycles. The first-order valence-corrected chi connectivity index (χ1v) is 20.8. The second kappa shape index (κ2) is 19.3. The highest BCUT2D eigenvalue weighted by atomic mass is 16.7.